The average Bonchev–Trinajstić information content (AvgIpc) is 2.81. The maximum atomic E-state index is 13.9. The van der Waals surface area contributed by atoms with Crippen LogP contribution < -0.4 is 0 Å². The van der Waals surface area contributed by atoms with E-state index >= 15 is 0 Å². The molecule has 2 N–H and O–H groups in total. The Labute approximate surface area is 211 Å². The summed E-state index contributed by atoms with van der Waals surface area (Å²) < 4.78 is 9.73. The fourth-order valence-electron chi connectivity index (χ4n) is 8.05. The zero-order chi connectivity index (χ0) is 27.8. The molecular weight excluding hydrogens is 468 g/mol. The SMILES string of the molecule is C=C1C[C@H]2[C@]3(C)CCC(=O)C(C)(C)[C@H]3C(=O)[C@@H](O)[C@]2(C)[C@@H](C(=O)OC)[C@]1(C)C(=O)[C@](C)(O)C(=O)OC. The summed E-state index contributed by atoms with van der Waals surface area (Å²) in [5.41, 5.74) is -7.58. The topological polar surface area (TPSA) is 144 Å². The highest BCUT2D eigenvalue weighted by atomic mass is 16.5. The third kappa shape index (κ3) is 3.24. The number of methoxy groups -OCH3 is 2. The van der Waals surface area contributed by atoms with Gasteiger partial charge in [-0.1, -0.05) is 39.8 Å². The molecule has 0 aliphatic heterocycles. The number of rotatable bonds is 4. The van der Waals surface area contributed by atoms with Gasteiger partial charge in [-0.3, -0.25) is 19.2 Å². The molecule has 0 unspecified atom stereocenters. The maximum Gasteiger partial charge on any atom is 0.345 e. The molecule has 8 atom stereocenters. The van der Waals surface area contributed by atoms with Crippen LogP contribution in [0, 0.1) is 39.4 Å². The van der Waals surface area contributed by atoms with Crippen LogP contribution in [0.4, 0.5) is 0 Å². The van der Waals surface area contributed by atoms with Crippen LogP contribution in [-0.4, -0.2) is 65.4 Å². The fourth-order valence-corrected chi connectivity index (χ4v) is 8.05. The zero-order valence-electron chi connectivity index (χ0n) is 22.4. The van der Waals surface area contributed by atoms with Crippen molar-refractivity contribution in [2.24, 2.45) is 39.4 Å². The second-order valence-corrected chi connectivity index (χ2v) is 12.2. The number of ketones is 3. The highest BCUT2D eigenvalue weighted by Gasteiger charge is 2.75. The van der Waals surface area contributed by atoms with E-state index in [-0.39, 0.29) is 24.2 Å². The van der Waals surface area contributed by atoms with E-state index in [9.17, 15) is 34.2 Å². The van der Waals surface area contributed by atoms with E-state index in [1.165, 1.54) is 6.92 Å². The molecule has 0 aromatic rings. The normalized spacial score (nSPS) is 41.4. The first kappa shape index (κ1) is 28.2. The van der Waals surface area contributed by atoms with Gasteiger partial charge in [0.25, 0.3) is 0 Å². The minimum Gasteiger partial charge on any atom is -0.469 e. The van der Waals surface area contributed by atoms with E-state index in [2.05, 4.69) is 11.3 Å². The first-order valence-electron chi connectivity index (χ1n) is 12.2. The van der Waals surface area contributed by atoms with Crippen LogP contribution in [0.5, 0.6) is 0 Å². The van der Waals surface area contributed by atoms with Crippen molar-refractivity contribution in [2.45, 2.75) is 72.5 Å². The molecule has 0 heterocycles. The van der Waals surface area contributed by atoms with Crippen LogP contribution in [0.2, 0.25) is 0 Å². The molecule has 3 aliphatic rings. The quantitative estimate of drug-likeness (QED) is 0.331. The van der Waals surface area contributed by atoms with Gasteiger partial charge in [-0.15, -0.1) is 0 Å². The predicted molar refractivity (Wildman–Crippen MR) is 127 cm³/mol. The Balaban J connectivity index is 2.31. The standard InChI is InChI=1S/C27H38O9/c1-13-12-14-24(4)11-10-15(28)23(2,3)17(24)16(29)19(30)26(14,6)18(20(31)35-8)25(13,5)21(32)27(7,34)22(33)36-9/h14,17-19,30,34H,1,10-12H2,2-9H3/t14-,17+,18-,19+,24-,25+,26-,27-/m0/s1. The molecule has 3 aliphatic carbocycles. The molecule has 0 saturated heterocycles. The van der Waals surface area contributed by atoms with Gasteiger partial charge in [-0.05, 0) is 38.0 Å². The highest BCUT2D eigenvalue weighted by Crippen LogP contribution is 2.70. The van der Waals surface area contributed by atoms with Crippen molar-refractivity contribution >= 4 is 29.3 Å². The molecule has 3 rings (SSSR count). The predicted octanol–water partition coefficient (Wildman–Crippen LogP) is 1.81. The van der Waals surface area contributed by atoms with Gasteiger partial charge in [0, 0.05) is 23.2 Å². The second kappa shape index (κ2) is 8.31. The number of hydrogen-bond donors (Lipinski definition) is 2. The number of hydrogen-bond acceptors (Lipinski definition) is 9. The summed E-state index contributed by atoms with van der Waals surface area (Å²) >= 11 is 0. The lowest BCUT2D eigenvalue weighted by Gasteiger charge is -2.67. The molecule has 3 saturated carbocycles. The fraction of sp³-hybridized carbons (Fsp3) is 0.741. The Bertz CT molecular complexity index is 1060. The first-order chi connectivity index (χ1) is 16.3. The molecule has 0 bridgehead atoms. The monoisotopic (exact) mass is 506 g/mol. The first-order valence-corrected chi connectivity index (χ1v) is 12.2. The van der Waals surface area contributed by atoms with E-state index in [1.807, 2.05) is 6.92 Å². The average molecular weight is 507 g/mol. The largest absolute Gasteiger partial charge is 0.469 e. The van der Waals surface area contributed by atoms with Gasteiger partial charge < -0.3 is 19.7 Å². The highest BCUT2D eigenvalue weighted by molar-refractivity contribution is 6.11. The number of aliphatic hydroxyl groups excluding tert-OH is 1. The number of ether oxygens (including phenoxy) is 2. The number of fused-ring (bicyclic) bond motifs is 3. The minimum absolute atomic E-state index is 0.0672. The molecule has 0 aromatic heterocycles. The zero-order valence-corrected chi connectivity index (χ0v) is 22.4. The van der Waals surface area contributed by atoms with Gasteiger partial charge in [0.2, 0.25) is 5.60 Å². The summed E-state index contributed by atoms with van der Waals surface area (Å²) in [4.78, 5) is 66.4. The molecule has 9 heteroatoms. The third-order valence-electron chi connectivity index (χ3n) is 10.00. The van der Waals surface area contributed by atoms with E-state index in [0.717, 1.165) is 21.1 Å². The van der Waals surface area contributed by atoms with Crippen molar-refractivity contribution in [3.63, 3.8) is 0 Å². The lowest BCUT2D eigenvalue weighted by atomic mass is 9.35. The Morgan fingerprint density at radius 3 is 2.11 bits per heavy atom. The molecular formula is C27H38O9. The number of aliphatic hydroxyl groups is 2. The van der Waals surface area contributed by atoms with Gasteiger partial charge in [0.15, 0.2) is 11.6 Å². The van der Waals surface area contributed by atoms with Crippen molar-refractivity contribution in [3.8, 4) is 0 Å². The molecule has 200 valence electrons. The number of carbonyl (C=O) groups is 5. The van der Waals surface area contributed by atoms with Gasteiger partial charge >= 0.3 is 11.9 Å². The molecule has 0 radical (unpaired) electrons. The van der Waals surface area contributed by atoms with Crippen molar-refractivity contribution in [1.82, 2.24) is 0 Å². The third-order valence-corrected chi connectivity index (χ3v) is 10.00. The molecule has 36 heavy (non-hydrogen) atoms. The summed E-state index contributed by atoms with van der Waals surface area (Å²) in [6, 6.07) is 0. The Kier molecular flexibility index (Phi) is 6.51. The summed E-state index contributed by atoms with van der Waals surface area (Å²) in [5.74, 6) is -6.54. The smallest absolute Gasteiger partial charge is 0.345 e. The van der Waals surface area contributed by atoms with Crippen LogP contribution >= 0.6 is 0 Å². The number of Topliss-reactive ketones (excluding diaryl/α,β-unsaturated/α-hetero) is 3. The van der Waals surface area contributed by atoms with E-state index < -0.39 is 74.6 Å². The van der Waals surface area contributed by atoms with E-state index in [0.29, 0.717) is 6.42 Å². The van der Waals surface area contributed by atoms with E-state index in [1.54, 1.807) is 20.8 Å². The molecule has 0 amide bonds. The summed E-state index contributed by atoms with van der Waals surface area (Å²) in [6.07, 6.45) is -0.980. The van der Waals surface area contributed by atoms with Gasteiger partial charge in [0.05, 0.1) is 25.6 Å². The Morgan fingerprint density at radius 2 is 1.61 bits per heavy atom. The minimum atomic E-state index is -2.63. The van der Waals surface area contributed by atoms with Gasteiger partial charge in [0.1, 0.15) is 11.9 Å². The molecule has 0 aromatic carbocycles. The number of allylic oxidation sites excluding steroid dienone is 1. The Morgan fingerprint density at radius 1 is 1.06 bits per heavy atom. The van der Waals surface area contributed by atoms with Crippen LogP contribution in [0.1, 0.15) is 60.8 Å². The van der Waals surface area contributed by atoms with Gasteiger partial charge in [-0.2, -0.15) is 0 Å². The van der Waals surface area contributed by atoms with Crippen molar-refractivity contribution in [2.75, 3.05) is 14.2 Å². The molecule has 3 fully saturated rings. The summed E-state index contributed by atoms with van der Waals surface area (Å²) in [7, 11) is 2.15. The lowest BCUT2D eigenvalue weighted by molar-refractivity contribution is -0.222. The van der Waals surface area contributed by atoms with Crippen molar-refractivity contribution in [3.05, 3.63) is 12.2 Å². The van der Waals surface area contributed by atoms with Crippen LogP contribution in [-0.2, 0) is 33.4 Å². The lowest BCUT2D eigenvalue weighted by Crippen LogP contribution is -2.73. The van der Waals surface area contributed by atoms with E-state index in [4.69, 9.17) is 4.74 Å². The summed E-state index contributed by atoms with van der Waals surface area (Å²) in [5, 5.41) is 22.5. The maximum absolute atomic E-state index is 13.9. The van der Waals surface area contributed by atoms with Crippen LogP contribution in [0.25, 0.3) is 0 Å². The molecule has 0 spiro atoms. The number of esters is 2. The Hall–Kier alpha value is -2.39. The van der Waals surface area contributed by atoms with Gasteiger partial charge in [-0.25, -0.2) is 4.79 Å². The van der Waals surface area contributed by atoms with Crippen LogP contribution in [0.3, 0.4) is 0 Å². The number of carbonyl (C=O) groups excluding carboxylic acids is 5. The van der Waals surface area contributed by atoms with Crippen LogP contribution in [0.15, 0.2) is 12.2 Å². The van der Waals surface area contributed by atoms with Crippen molar-refractivity contribution in [1.29, 1.82) is 0 Å². The second-order valence-electron chi connectivity index (χ2n) is 12.2. The summed E-state index contributed by atoms with van der Waals surface area (Å²) in [6.45, 7) is 13.4. The molecule has 9 nitrogen and oxygen atoms in total. The van der Waals surface area contributed by atoms with Crippen molar-refractivity contribution < 1.29 is 43.7 Å².